The zero-order chi connectivity index (χ0) is 24.4. The maximum atomic E-state index is 11.2. The van der Waals surface area contributed by atoms with Crippen molar-refractivity contribution in [3.05, 3.63) is 64.3 Å². The van der Waals surface area contributed by atoms with Gasteiger partial charge in [-0.15, -0.1) is 0 Å². The summed E-state index contributed by atoms with van der Waals surface area (Å²) in [5.41, 5.74) is 5.30. The molecule has 33 heavy (non-hydrogen) atoms. The number of aliphatic carboxylic acids is 1. The first-order valence-corrected chi connectivity index (χ1v) is 10.4. The van der Waals surface area contributed by atoms with Crippen molar-refractivity contribution in [3.8, 4) is 11.5 Å². The largest absolute Gasteiger partial charge is 0.496 e. The molecule has 0 unspecified atom stereocenters. The first kappa shape index (κ1) is 25.6. The minimum Gasteiger partial charge on any atom is -0.496 e. The summed E-state index contributed by atoms with van der Waals surface area (Å²) in [7, 11) is 4.87. The fourth-order valence-corrected chi connectivity index (χ4v) is 3.42. The minimum absolute atomic E-state index is 0.152. The number of nitrogens with one attached hydrogen (secondary N) is 3. The molecular weight excluding hydrogens is 422 g/mol. The lowest BCUT2D eigenvalue weighted by molar-refractivity contribution is -0.140. The second-order valence-corrected chi connectivity index (χ2v) is 7.24. The second-order valence-electron chi connectivity index (χ2n) is 7.24. The number of hydrogen-bond acceptors (Lipinski definition) is 7. The Morgan fingerprint density at radius 3 is 2.36 bits per heavy atom. The van der Waals surface area contributed by atoms with Crippen LogP contribution in [0.4, 0.5) is 0 Å². The van der Waals surface area contributed by atoms with Crippen molar-refractivity contribution in [3.63, 3.8) is 0 Å². The van der Waals surface area contributed by atoms with Crippen molar-refractivity contribution < 1.29 is 24.5 Å². The SMILES string of the molecule is CN/C=C(\C=N)c1cccc(/C=C/c2cc(OC)c(CN[C@@H](CO)C(=O)O)c(OC)c2)c1C. The van der Waals surface area contributed by atoms with E-state index in [1.807, 2.05) is 49.4 Å². The van der Waals surface area contributed by atoms with Crippen LogP contribution in [0.2, 0.25) is 0 Å². The van der Waals surface area contributed by atoms with Crippen LogP contribution in [0.5, 0.6) is 11.5 Å². The zero-order valence-corrected chi connectivity index (χ0v) is 19.3. The molecule has 0 saturated heterocycles. The molecule has 0 fully saturated rings. The van der Waals surface area contributed by atoms with Gasteiger partial charge in [0.15, 0.2) is 0 Å². The third-order valence-corrected chi connectivity index (χ3v) is 5.23. The number of carboxylic acids is 1. The van der Waals surface area contributed by atoms with Crippen LogP contribution in [-0.4, -0.2) is 56.3 Å². The van der Waals surface area contributed by atoms with Gasteiger partial charge in [-0.2, -0.15) is 0 Å². The van der Waals surface area contributed by atoms with Crippen LogP contribution in [0.1, 0.15) is 27.8 Å². The summed E-state index contributed by atoms with van der Waals surface area (Å²) in [6.07, 6.45) is 7.03. The lowest BCUT2D eigenvalue weighted by atomic mass is 9.96. The first-order chi connectivity index (χ1) is 15.9. The smallest absolute Gasteiger partial charge is 0.323 e. The summed E-state index contributed by atoms with van der Waals surface area (Å²) < 4.78 is 11.0. The van der Waals surface area contributed by atoms with E-state index in [1.165, 1.54) is 20.4 Å². The molecule has 0 saturated carbocycles. The number of benzene rings is 2. The van der Waals surface area contributed by atoms with Crippen molar-refractivity contribution in [2.24, 2.45) is 0 Å². The third kappa shape index (κ3) is 6.44. The van der Waals surface area contributed by atoms with Gasteiger partial charge in [0.05, 0.1) is 20.8 Å². The molecule has 2 rings (SSSR count). The summed E-state index contributed by atoms with van der Waals surface area (Å²) in [4.78, 5) is 11.2. The number of rotatable bonds is 12. The number of hydrogen-bond donors (Lipinski definition) is 5. The Morgan fingerprint density at radius 2 is 1.85 bits per heavy atom. The van der Waals surface area contributed by atoms with Crippen molar-refractivity contribution in [1.82, 2.24) is 10.6 Å². The molecule has 0 heterocycles. The lowest BCUT2D eigenvalue weighted by Crippen LogP contribution is -2.39. The molecule has 0 amide bonds. The summed E-state index contributed by atoms with van der Waals surface area (Å²) in [6.45, 7) is 1.64. The van der Waals surface area contributed by atoms with E-state index in [2.05, 4.69) is 10.6 Å². The van der Waals surface area contributed by atoms with Crippen LogP contribution in [0, 0.1) is 12.3 Å². The molecule has 8 heteroatoms. The van der Waals surface area contributed by atoms with E-state index in [1.54, 1.807) is 13.2 Å². The molecule has 1 atom stereocenters. The van der Waals surface area contributed by atoms with Crippen LogP contribution in [0.25, 0.3) is 17.7 Å². The lowest BCUT2D eigenvalue weighted by Gasteiger charge is -2.17. The highest BCUT2D eigenvalue weighted by molar-refractivity contribution is 6.09. The Bertz CT molecular complexity index is 1020. The van der Waals surface area contributed by atoms with Gasteiger partial charge in [0.25, 0.3) is 0 Å². The van der Waals surface area contributed by atoms with E-state index in [0.717, 1.165) is 27.8 Å². The van der Waals surface area contributed by atoms with Gasteiger partial charge < -0.3 is 30.4 Å². The number of aliphatic hydroxyl groups is 1. The Morgan fingerprint density at radius 1 is 1.18 bits per heavy atom. The summed E-state index contributed by atoms with van der Waals surface area (Å²) >= 11 is 0. The summed E-state index contributed by atoms with van der Waals surface area (Å²) in [5, 5.41) is 31.8. The van der Waals surface area contributed by atoms with Crippen LogP contribution in [0.3, 0.4) is 0 Å². The number of carboxylic acid groups (broad SMARTS) is 1. The Kier molecular flexibility index (Phi) is 9.65. The molecule has 0 aliphatic carbocycles. The monoisotopic (exact) mass is 453 g/mol. The van der Waals surface area contributed by atoms with Gasteiger partial charge in [-0.1, -0.05) is 30.4 Å². The van der Waals surface area contributed by atoms with Gasteiger partial charge >= 0.3 is 5.97 Å². The van der Waals surface area contributed by atoms with Crippen molar-refractivity contribution in [1.29, 1.82) is 5.41 Å². The van der Waals surface area contributed by atoms with Gasteiger partial charge in [0.2, 0.25) is 0 Å². The molecule has 8 nitrogen and oxygen atoms in total. The number of allylic oxidation sites excluding steroid dienone is 1. The van der Waals surface area contributed by atoms with E-state index >= 15 is 0 Å². The van der Waals surface area contributed by atoms with Crippen molar-refractivity contribution >= 4 is 29.9 Å². The Hall–Kier alpha value is -3.62. The molecule has 176 valence electrons. The van der Waals surface area contributed by atoms with Crippen molar-refractivity contribution in [2.45, 2.75) is 19.5 Å². The third-order valence-electron chi connectivity index (χ3n) is 5.23. The minimum atomic E-state index is -1.14. The van der Waals surface area contributed by atoms with E-state index in [-0.39, 0.29) is 6.54 Å². The zero-order valence-electron chi connectivity index (χ0n) is 19.3. The number of ether oxygens (including phenoxy) is 2. The van der Waals surface area contributed by atoms with E-state index < -0.39 is 18.6 Å². The fourth-order valence-electron chi connectivity index (χ4n) is 3.42. The summed E-state index contributed by atoms with van der Waals surface area (Å²) in [5.74, 6) is -0.0579. The predicted octanol–water partition coefficient (Wildman–Crippen LogP) is 2.93. The molecule has 0 spiro atoms. The van der Waals surface area contributed by atoms with E-state index in [4.69, 9.17) is 20.0 Å². The Labute approximate surface area is 194 Å². The van der Waals surface area contributed by atoms with Gasteiger partial charge in [0.1, 0.15) is 17.5 Å². The molecule has 5 N–H and O–H groups in total. The summed E-state index contributed by atoms with van der Waals surface area (Å²) in [6, 6.07) is 8.53. The van der Waals surface area contributed by atoms with E-state index in [0.29, 0.717) is 17.1 Å². The highest BCUT2D eigenvalue weighted by Crippen LogP contribution is 2.32. The van der Waals surface area contributed by atoms with Crippen LogP contribution < -0.4 is 20.1 Å². The number of aliphatic hydroxyl groups excluding tert-OH is 1. The van der Waals surface area contributed by atoms with Crippen LogP contribution in [0.15, 0.2) is 36.5 Å². The second kappa shape index (κ2) is 12.4. The molecule has 0 bridgehead atoms. The van der Waals surface area contributed by atoms with Gasteiger partial charge in [0, 0.05) is 37.1 Å². The number of carbonyl (C=O) groups is 1. The van der Waals surface area contributed by atoms with E-state index in [9.17, 15) is 9.90 Å². The highest BCUT2D eigenvalue weighted by Gasteiger charge is 2.18. The van der Waals surface area contributed by atoms with Gasteiger partial charge in [-0.3, -0.25) is 10.1 Å². The first-order valence-electron chi connectivity index (χ1n) is 10.4. The van der Waals surface area contributed by atoms with Crippen LogP contribution in [-0.2, 0) is 11.3 Å². The molecular formula is C25H31N3O5. The number of methoxy groups -OCH3 is 2. The fraction of sp³-hybridized carbons (Fsp3) is 0.280. The van der Waals surface area contributed by atoms with Crippen molar-refractivity contribution in [2.75, 3.05) is 27.9 Å². The standard InChI is InChI=1S/C25H31N3O5/c1-16-18(6-5-7-20(16)19(12-26)13-27-2)9-8-17-10-23(32-3)21(24(11-17)33-4)14-28-22(15-29)25(30)31/h5-13,22,26-29H,14-15H2,1-4H3,(H,30,31)/b9-8+,19-13+,26-12?/t22-/m0/s1. The highest BCUT2D eigenvalue weighted by atomic mass is 16.5. The molecule has 0 radical (unpaired) electrons. The molecule has 2 aromatic carbocycles. The molecule has 0 aliphatic heterocycles. The normalized spacial score (nSPS) is 12.5. The topological polar surface area (TPSA) is 124 Å². The Balaban J connectivity index is 2.38. The average molecular weight is 454 g/mol. The maximum absolute atomic E-state index is 11.2. The molecule has 2 aromatic rings. The molecule has 0 aromatic heterocycles. The maximum Gasteiger partial charge on any atom is 0.323 e. The van der Waals surface area contributed by atoms with Crippen LogP contribution >= 0.6 is 0 Å². The molecule has 0 aliphatic rings. The quantitative estimate of drug-likeness (QED) is 0.247. The van der Waals surface area contributed by atoms with Gasteiger partial charge in [-0.25, -0.2) is 0 Å². The predicted molar refractivity (Wildman–Crippen MR) is 131 cm³/mol. The average Bonchev–Trinajstić information content (AvgIpc) is 2.82. The van der Waals surface area contributed by atoms with Gasteiger partial charge in [-0.05, 0) is 41.3 Å².